The number of fused-ring (bicyclic) bond motifs is 2. The van der Waals surface area contributed by atoms with E-state index in [9.17, 15) is 9.18 Å². The Kier molecular flexibility index (Phi) is 5.96. The van der Waals surface area contributed by atoms with Gasteiger partial charge in [-0.1, -0.05) is 41.9 Å². The number of carbonyl (C=O) groups is 1. The van der Waals surface area contributed by atoms with Crippen LogP contribution < -0.4 is 10.1 Å². The molecule has 0 aliphatic carbocycles. The summed E-state index contributed by atoms with van der Waals surface area (Å²) in [6, 6.07) is 21.8. The van der Waals surface area contributed by atoms with E-state index in [0.717, 1.165) is 23.6 Å². The van der Waals surface area contributed by atoms with E-state index in [4.69, 9.17) is 16.3 Å². The van der Waals surface area contributed by atoms with Crippen molar-refractivity contribution in [3.05, 3.63) is 89.2 Å². The van der Waals surface area contributed by atoms with Crippen LogP contribution in [0.15, 0.2) is 72.8 Å². The average molecular weight is 466 g/mol. The fourth-order valence-corrected chi connectivity index (χ4v) is 5.16. The maximum absolute atomic E-state index is 13.8. The van der Waals surface area contributed by atoms with Crippen molar-refractivity contribution in [3.63, 3.8) is 0 Å². The zero-order chi connectivity index (χ0) is 22.9. The van der Waals surface area contributed by atoms with Crippen LogP contribution in [0.25, 0.3) is 0 Å². The Morgan fingerprint density at radius 1 is 1.03 bits per heavy atom. The number of anilines is 1. The van der Waals surface area contributed by atoms with Crippen molar-refractivity contribution in [2.24, 2.45) is 0 Å². The summed E-state index contributed by atoms with van der Waals surface area (Å²) < 4.78 is 19.3. The number of ether oxygens (including phenoxy) is 1. The number of benzene rings is 3. The maximum Gasteiger partial charge on any atom is 0.322 e. The van der Waals surface area contributed by atoms with Crippen molar-refractivity contribution in [2.45, 2.75) is 31.5 Å². The van der Waals surface area contributed by atoms with Crippen molar-refractivity contribution in [1.82, 2.24) is 9.80 Å². The smallest absolute Gasteiger partial charge is 0.322 e. The summed E-state index contributed by atoms with van der Waals surface area (Å²) in [6.45, 7) is 3.71. The van der Waals surface area contributed by atoms with Gasteiger partial charge in [0.15, 0.2) is 11.6 Å². The normalized spacial score (nSPS) is 20.6. The highest BCUT2D eigenvalue weighted by Gasteiger charge is 2.47. The van der Waals surface area contributed by atoms with Crippen molar-refractivity contribution in [2.75, 3.05) is 18.4 Å². The molecule has 0 aromatic heterocycles. The van der Waals surface area contributed by atoms with Crippen LogP contribution in [0.4, 0.5) is 14.9 Å². The van der Waals surface area contributed by atoms with Crippen molar-refractivity contribution < 1.29 is 13.9 Å². The fourth-order valence-electron chi connectivity index (χ4n) is 4.87. The molecule has 0 spiro atoms. The van der Waals surface area contributed by atoms with Gasteiger partial charge in [-0.2, -0.15) is 0 Å². The lowest BCUT2D eigenvalue weighted by atomic mass is 10.1. The molecule has 2 bridgehead atoms. The summed E-state index contributed by atoms with van der Waals surface area (Å²) in [5, 5.41) is 3.76. The number of rotatable bonds is 5. The number of carbonyl (C=O) groups excluding carboxylic acids is 1. The van der Waals surface area contributed by atoms with E-state index >= 15 is 0 Å². The number of para-hydroxylation sites is 1. The summed E-state index contributed by atoms with van der Waals surface area (Å²) in [5.74, 6) is 0.248. The van der Waals surface area contributed by atoms with Crippen molar-refractivity contribution in [3.8, 4) is 11.5 Å². The van der Waals surface area contributed by atoms with E-state index in [1.807, 2.05) is 23.1 Å². The van der Waals surface area contributed by atoms with E-state index in [0.29, 0.717) is 24.0 Å². The van der Waals surface area contributed by atoms with E-state index in [-0.39, 0.29) is 23.9 Å². The molecule has 5 nitrogen and oxygen atoms in total. The Bertz CT molecular complexity index is 1160. The third kappa shape index (κ3) is 4.41. The predicted molar refractivity (Wildman–Crippen MR) is 127 cm³/mol. The summed E-state index contributed by atoms with van der Waals surface area (Å²) in [7, 11) is 0. The number of likely N-dealkylation sites (tertiary alicyclic amines) is 2. The number of urea groups is 1. The van der Waals surface area contributed by atoms with Gasteiger partial charge in [0.1, 0.15) is 5.75 Å². The second-order valence-corrected chi connectivity index (χ2v) is 8.98. The molecule has 33 heavy (non-hydrogen) atoms. The highest BCUT2D eigenvalue weighted by molar-refractivity contribution is 6.31. The molecule has 3 aromatic carbocycles. The number of halogens is 2. The number of hydrogen-bond acceptors (Lipinski definition) is 3. The minimum absolute atomic E-state index is 0.102. The highest BCUT2D eigenvalue weighted by Crippen LogP contribution is 2.38. The molecule has 2 heterocycles. The van der Waals surface area contributed by atoms with Crippen LogP contribution in [0.2, 0.25) is 5.02 Å². The Labute approximate surface area is 197 Å². The van der Waals surface area contributed by atoms with E-state index in [1.54, 1.807) is 42.5 Å². The van der Waals surface area contributed by atoms with Gasteiger partial charge < -0.3 is 15.0 Å². The molecule has 3 atom stereocenters. The molecule has 3 aromatic rings. The lowest BCUT2D eigenvalue weighted by Crippen LogP contribution is -2.50. The third-order valence-electron chi connectivity index (χ3n) is 6.57. The number of piperazine rings is 1. The van der Waals surface area contributed by atoms with Gasteiger partial charge in [-0.3, -0.25) is 4.90 Å². The van der Waals surface area contributed by atoms with Crippen LogP contribution in [0.3, 0.4) is 0 Å². The van der Waals surface area contributed by atoms with E-state index in [1.165, 1.54) is 6.07 Å². The molecule has 3 unspecified atom stereocenters. The summed E-state index contributed by atoms with van der Waals surface area (Å²) >= 11 is 6.40. The SMILES string of the molecule is CC(c1ccccc1Cl)N1CC2CC1CN2C(=O)Nc1ccc(Oc2ccccc2F)cc1. The molecule has 0 saturated carbocycles. The van der Waals surface area contributed by atoms with Crippen molar-refractivity contribution >= 4 is 23.3 Å². The number of hydrogen-bond donors (Lipinski definition) is 1. The van der Waals surface area contributed by atoms with Crippen LogP contribution in [0.1, 0.15) is 24.9 Å². The number of nitrogens with one attached hydrogen (secondary N) is 1. The van der Waals surface area contributed by atoms with Crippen LogP contribution in [0, 0.1) is 5.82 Å². The van der Waals surface area contributed by atoms with Crippen LogP contribution in [0.5, 0.6) is 11.5 Å². The second kappa shape index (κ2) is 9.04. The topological polar surface area (TPSA) is 44.8 Å². The first-order valence-corrected chi connectivity index (χ1v) is 11.5. The zero-order valence-electron chi connectivity index (χ0n) is 18.2. The Morgan fingerprint density at radius 2 is 1.76 bits per heavy atom. The van der Waals surface area contributed by atoms with Crippen LogP contribution >= 0.6 is 11.6 Å². The van der Waals surface area contributed by atoms with Gasteiger partial charge >= 0.3 is 6.03 Å². The number of nitrogens with zero attached hydrogens (tertiary/aromatic N) is 2. The highest BCUT2D eigenvalue weighted by atomic mass is 35.5. The van der Waals surface area contributed by atoms with Gasteiger partial charge in [0.2, 0.25) is 0 Å². The first kappa shape index (κ1) is 21.7. The standard InChI is InChI=1S/C26H25ClFN3O2/c1-17(22-6-2-3-7-23(22)27)30-15-20-14-19(30)16-31(20)26(32)29-18-10-12-21(13-11-18)33-25-9-5-4-8-24(25)28/h2-13,17,19-20H,14-16H2,1H3,(H,29,32). The van der Waals surface area contributed by atoms with E-state index in [2.05, 4.69) is 23.2 Å². The molecule has 2 amide bonds. The molecule has 0 radical (unpaired) electrons. The van der Waals surface area contributed by atoms with Crippen LogP contribution in [-0.4, -0.2) is 41.0 Å². The maximum atomic E-state index is 13.8. The average Bonchev–Trinajstić information content (AvgIpc) is 3.43. The third-order valence-corrected chi connectivity index (χ3v) is 6.91. The largest absolute Gasteiger partial charge is 0.454 e. The molecule has 2 aliphatic rings. The fraction of sp³-hybridized carbons (Fsp3) is 0.269. The van der Waals surface area contributed by atoms with Gasteiger partial charge in [0, 0.05) is 41.9 Å². The second-order valence-electron chi connectivity index (χ2n) is 8.58. The quantitative estimate of drug-likeness (QED) is 0.479. The zero-order valence-corrected chi connectivity index (χ0v) is 19.0. The molecule has 7 heteroatoms. The molecule has 1 N–H and O–H groups in total. The summed E-state index contributed by atoms with van der Waals surface area (Å²) in [6.07, 6.45) is 0.970. The predicted octanol–water partition coefficient (Wildman–Crippen LogP) is 6.32. The minimum atomic E-state index is -0.420. The first-order chi connectivity index (χ1) is 16.0. The van der Waals surface area contributed by atoms with Gasteiger partial charge in [-0.25, -0.2) is 9.18 Å². The van der Waals surface area contributed by atoms with Gasteiger partial charge in [-0.05, 0) is 61.4 Å². The molecule has 170 valence electrons. The Balaban J connectivity index is 1.18. The van der Waals surface area contributed by atoms with Gasteiger partial charge in [0.05, 0.1) is 0 Å². The minimum Gasteiger partial charge on any atom is -0.454 e. The monoisotopic (exact) mass is 465 g/mol. The number of amides is 2. The molecule has 2 fully saturated rings. The molecular weight excluding hydrogens is 441 g/mol. The summed E-state index contributed by atoms with van der Waals surface area (Å²) in [5.41, 5.74) is 1.80. The van der Waals surface area contributed by atoms with Crippen LogP contribution in [-0.2, 0) is 0 Å². The molecule has 2 saturated heterocycles. The van der Waals surface area contributed by atoms with Crippen molar-refractivity contribution in [1.29, 1.82) is 0 Å². The molecular formula is C26H25ClFN3O2. The lowest BCUT2D eigenvalue weighted by molar-refractivity contribution is 0.115. The van der Waals surface area contributed by atoms with Gasteiger partial charge in [-0.15, -0.1) is 0 Å². The Morgan fingerprint density at radius 3 is 2.45 bits per heavy atom. The summed E-state index contributed by atoms with van der Waals surface area (Å²) in [4.78, 5) is 17.3. The van der Waals surface area contributed by atoms with E-state index < -0.39 is 5.82 Å². The molecule has 2 aliphatic heterocycles. The first-order valence-electron chi connectivity index (χ1n) is 11.1. The molecule has 5 rings (SSSR count). The van der Waals surface area contributed by atoms with Gasteiger partial charge in [0.25, 0.3) is 0 Å². The lowest BCUT2D eigenvalue weighted by Gasteiger charge is -2.38. The Hall–Kier alpha value is -3.09.